The van der Waals surface area contributed by atoms with Crippen LogP contribution in [0.5, 0.6) is 0 Å². The SMILES string of the molecule is Cl.O=C(NC1CCNCC1)c1ccc(S(=O)(=O)NCC2CCCO2)cc1. The number of carbonyl (C=O) groups is 1. The topological polar surface area (TPSA) is 96.5 Å². The summed E-state index contributed by atoms with van der Waals surface area (Å²) in [5, 5.41) is 6.25. The van der Waals surface area contributed by atoms with Gasteiger partial charge in [0.15, 0.2) is 0 Å². The second kappa shape index (κ2) is 9.66. The summed E-state index contributed by atoms with van der Waals surface area (Å²) in [5.41, 5.74) is 0.469. The van der Waals surface area contributed by atoms with Crippen molar-refractivity contribution in [3.63, 3.8) is 0 Å². The Hall–Kier alpha value is -1.19. The Kier molecular flexibility index (Phi) is 7.85. The van der Waals surface area contributed by atoms with Gasteiger partial charge in [-0.1, -0.05) is 0 Å². The molecule has 0 aliphatic carbocycles. The third-order valence-electron chi connectivity index (χ3n) is 4.63. The number of benzene rings is 1. The Morgan fingerprint density at radius 3 is 2.46 bits per heavy atom. The highest BCUT2D eigenvalue weighted by Gasteiger charge is 2.21. The molecule has 9 heteroatoms. The van der Waals surface area contributed by atoms with Crippen LogP contribution in [0.3, 0.4) is 0 Å². The number of carbonyl (C=O) groups excluding carboxylic acids is 1. The minimum Gasteiger partial charge on any atom is -0.377 e. The molecule has 2 aliphatic heterocycles. The molecule has 26 heavy (non-hydrogen) atoms. The Labute approximate surface area is 160 Å². The van der Waals surface area contributed by atoms with Crippen molar-refractivity contribution in [1.82, 2.24) is 15.4 Å². The second-order valence-electron chi connectivity index (χ2n) is 6.51. The summed E-state index contributed by atoms with van der Waals surface area (Å²) in [6.45, 7) is 2.77. The smallest absolute Gasteiger partial charge is 0.251 e. The fraction of sp³-hybridized carbons (Fsp3) is 0.588. The second-order valence-corrected chi connectivity index (χ2v) is 8.28. The third kappa shape index (κ3) is 5.65. The molecular weight excluding hydrogens is 378 g/mol. The lowest BCUT2D eigenvalue weighted by Crippen LogP contribution is -2.42. The van der Waals surface area contributed by atoms with Crippen LogP contribution < -0.4 is 15.4 Å². The molecule has 1 aromatic rings. The Balaban J connectivity index is 0.00000243. The molecule has 1 unspecified atom stereocenters. The maximum Gasteiger partial charge on any atom is 0.251 e. The molecular formula is C17H26ClN3O4S. The molecule has 1 amide bonds. The van der Waals surface area contributed by atoms with Crippen molar-refractivity contribution in [2.24, 2.45) is 0 Å². The molecule has 0 aromatic heterocycles. The molecule has 1 aromatic carbocycles. The van der Waals surface area contributed by atoms with E-state index in [1.165, 1.54) is 12.1 Å². The van der Waals surface area contributed by atoms with Crippen molar-refractivity contribution in [2.45, 2.75) is 42.7 Å². The molecule has 2 heterocycles. The van der Waals surface area contributed by atoms with Crippen LogP contribution in [-0.4, -0.2) is 52.7 Å². The highest BCUT2D eigenvalue weighted by molar-refractivity contribution is 7.89. The van der Waals surface area contributed by atoms with Crippen LogP contribution >= 0.6 is 12.4 Å². The standard InChI is InChI=1S/C17H25N3O4S.ClH/c21-17(20-14-7-9-18-10-8-14)13-3-5-16(6-4-13)25(22,23)19-12-15-2-1-11-24-15;/h3-6,14-15,18-19H,1-2,7-12H2,(H,20,21);1H. The van der Waals surface area contributed by atoms with Gasteiger partial charge in [0.1, 0.15) is 0 Å². The van der Waals surface area contributed by atoms with Crippen molar-refractivity contribution in [3.05, 3.63) is 29.8 Å². The zero-order valence-electron chi connectivity index (χ0n) is 14.6. The molecule has 3 N–H and O–H groups in total. The zero-order valence-corrected chi connectivity index (χ0v) is 16.2. The van der Waals surface area contributed by atoms with E-state index < -0.39 is 10.0 Å². The molecule has 3 rings (SSSR count). The number of piperidine rings is 1. The number of hydrogen-bond acceptors (Lipinski definition) is 5. The molecule has 2 fully saturated rings. The number of amides is 1. The van der Waals surface area contributed by atoms with Crippen LogP contribution in [0.4, 0.5) is 0 Å². The number of rotatable bonds is 6. The largest absolute Gasteiger partial charge is 0.377 e. The van der Waals surface area contributed by atoms with Gasteiger partial charge in [0.2, 0.25) is 10.0 Å². The van der Waals surface area contributed by atoms with Gasteiger partial charge in [-0.05, 0) is 63.0 Å². The Morgan fingerprint density at radius 2 is 1.85 bits per heavy atom. The highest BCUT2D eigenvalue weighted by atomic mass is 35.5. The summed E-state index contributed by atoms with van der Waals surface area (Å²) in [7, 11) is -3.59. The van der Waals surface area contributed by atoms with Crippen LogP contribution in [0.25, 0.3) is 0 Å². The number of ether oxygens (including phenoxy) is 1. The normalized spacial score (nSPS) is 21.2. The van der Waals surface area contributed by atoms with Crippen LogP contribution in [0.15, 0.2) is 29.2 Å². The van der Waals surface area contributed by atoms with Gasteiger partial charge < -0.3 is 15.4 Å². The van der Waals surface area contributed by atoms with E-state index in [-0.39, 0.29) is 41.9 Å². The van der Waals surface area contributed by atoms with Gasteiger partial charge in [0.25, 0.3) is 5.91 Å². The van der Waals surface area contributed by atoms with Crippen molar-refractivity contribution in [3.8, 4) is 0 Å². The van der Waals surface area contributed by atoms with Crippen molar-refractivity contribution < 1.29 is 17.9 Å². The predicted octanol–water partition coefficient (Wildman–Crippen LogP) is 1.05. The Morgan fingerprint density at radius 1 is 1.15 bits per heavy atom. The number of nitrogens with one attached hydrogen (secondary N) is 3. The first-order valence-electron chi connectivity index (χ1n) is 8.77. The molecule has 1 atom stereocenters. The third-order valence-corrected chi connectivity index (χ3v) is 6.07. The monoisotopic (exact) mass is 403 g/mol. The van der Waals surface area contributed by atoms with E-state index >= 15 is 0 Å². The van der Waals surface area contributed by atoms with E-state index in [1.54, 1.807) is 12.1 Å². The summed E-state index contributed by atoms with van der Waals surface area (Å²) in [5.74, 6) is -0.164. The van der Waals surface area contributed by atoms with Gasteiger partial charge in [-0.25, -0.2) is 13.1 Å². The highest BCUT2D eigenvalue weighted by Crippen LogP contribution is 2.14. The molecule has 0 spiro atoms. The quantitative estimate of drug-likeness (QED) is 0.659. The lowest BCUT2D eigenvalue weighted by Gasteiger charge is -2.23. The lowest BCUT2D eigenvalue weighted by atomic mass is 10.1. The number of halogens is 1. The van der Waals surface area contributed by atoms with Gasteiger partial charge in [-0.2, -0.15) is 0 Å². The molecule has 2 aliphatic rings. The number of sulfonamides is 1. The fourth-order valence-electron chi connectivity index (χ4n) is 3.11. The molecule has 0 bridgehead atoms. The van der Waals surface area contributed by atoms with Gasteiger partial charge in [-0.3, -0.25) is 4.79 Å². The van der Waals surface area contributed by atoms with E-state index in [4.69, 9.17) is 4.74 Å². The van der Waals surface area contributed by atoms with Crippen LogP contribution in [-0.2, 0) is 14.8 Å². The molecule has 0 radical (unpaired) electrons. The fourth-order valence-corrected chi connectivity index (χ4v) is 4.18. The van der Waals surface area contributed by atoms with Gasteiger partial charge in [-0.15, -0.1) is 12.4 Å². The van der Waals surface area contributed by atoms with Crippen molar-refractivity contribution in [1.29, 1.82) is 0 Å². The van der Waals surface area contributed by atoms with Crippen LogP contribution in [0, 0.1) is 0 Å². The summed E-state index contributed by atoms with van der Waals surface area (Å²) >= 11 is 0. The zero-order chi connectivity index (χ0) is 17.7. The number of hydrogen-bond donors (Lipinski definition) is 3. The summed E-state index contributed by atoms with van der Waals surface area (Å²) in [6, 6.07) is 6.21. The van der Waals surface area contributed by atoms with Gasteiger partial charge >= 0.3 is 0 Å². The van der Waals surface area contributed by atoms with E-state index in [0.717, 1.165) is 38.8 Å². The minimum atomic E-state index is -3.59. The minimum absolute atomic E-state index is 0. The first kappa shape index (κ1) is 21.1. The predicted molar refractivity (Wildman–Crippen MR) is 101 cm³/mol. The lowest BCUT2D eigenvalue weighted by molar-refractivity contribution is 0.0929. The first-order valence-corrected chi connectivity index (χ1v) is 10.3. The van der Waals surface area contributed by atoms with Crippen LogP contribution in [0.2, 0.25) is 0 Å². The average Bonchev–Trinajstić information content (AvgIpc) is 3.15. The maximum absolute atomic E-state index is 12.3. The molecule has 2 saturated heterocycles. The van der Waals surface area contributed by atoms with E-state index in [9.17, 15) is 13.2 Å². The van der Waals surface area contributed by atoms with Crippen molar-refractivity contribution in [2.75, 3.05) is 26.2 Å². The summed E-state index contributed by atoms with van der Waals surface area (Å²) < 4.78 is 32.6. The van der Waals surface area contributed by atoms with E-state index in [1.807, 2.05) is 0 Å². The maximum atomic E-state index is 12.3. The van der Waals surface area contributed by atoms with Crippen LogP contribution in [0.1, 0.15) is 36.0 Å². The molecule has 7 nitrogen and oxygen atoms in total. The summed E-state index contributed by atoms with van der Waals surface area (Å²) in [4.78, 5) is 12.4. The summed E-state index contributed by atoms with van der Waals surface area (Å²) in [6.07, 6.45) is 3.60. The van der Waals surface area contributed by atoms with Crippen molar-refractivity contribution >= 4 is 28.3 Å². The van der Waals surface area contributed by atoms with Gasteiger partial charge in [0, 0.05) is 24.8 Å². The average molecular weight is 404 g/mol. The first-order chi connectivity index (χ1) is 12.0. The van der Waals surface area contributed by atoms with E-state index in [0.29, 0.717) is 12.2 Å². The van der Waals surface area contributed by atoms with E-state index in [2.05, 4.69) is 15.4 Å². The van der Waals surface area contributed by atoms with Gasteiger partial charge in [0.05, 0.1) is 11.0 Å². The molecule has 0 saturated carbocycles. The Bertz CT molecular complexity index is 684. The molecule has 146 valence electrons.